The number of rotatable bonds is 3. The third-order valence-electron chi connectivity index (χ3n) is 3.34. The Kier molecular flexibility index (Phi) is 3.46. The van der Waals surface area contributed by atoms with E-state index in [1.165, 1.54) is 12.8 Å². The summed E-state index contributed by atoms with van der Waals surface area (Å²) >= 11 is 0. The van der Waals surface area contributed by atoms with Gasteiger partial charge in [0.2, 0.25) is 11.8 Å². The van der Waals surface area contributed by atoms with Crippen LogP contribution in [0.4, 0.5) is 5.69 Å². The van der Waals surface area contributed by atoms with Crippen LogP contribution >= 0.6 is 0 Å². The van der Waals surface area contributed by atoms with Crippen LogP contribution in [-0.2, 0) is 0 Å². The maximum Gasteiger partial charge on any atom is 0.249 e. The molecule has 5 heteroatoms. The Morgan fingerprint density at radius 2 is 2.21 bits per heavy atom. The van der Waals surface area contributed by atoms with Gasteiger partial charge in [-0.1, -0.05) is 12.1 Å². The molecule has 2 heterocycles. The van der Waals surface area contributed by atoms with E-state index < -0.39 is 0 Å². The third kappa shape index (κ3) is 2.76. The molecule has 0 radical (unpaired) electrons. The lowest BCUT2D eigenvalue weighted by Gasteiger charge is -2.25. The lowest BCUT2D eigenvalue weighted by Crippen LogP contribution is -2.38. The number of para-hydroxylation sites is 1. The lowest BCUT2D eigenvalue weighted by atomic mass is 10.1. The molecule has 1 unspecified atom stereocenters. The second-order valence-electron chi connectivity index (χ2n) is 4.86. The van der Waals surface area contributed by atoms with E-state index in [0.29, 0.717) is 17.8 Å². The first-order chi connectivity index (χ1) is 9.33. The quantitative estimate of drug-likeness (QED) is 0.883. The number of nitrogens with one attached hydrogen (secondary N) is 2. The van der Waals surface area contributed by atoms with Gasteiger partial charge in [-0.2, -0.15) is 0 Å². The van der Waals surface area contributed by atoms with Crippen LogP contribution in [-0.4, -0.2) is 29.3 Å². The second-order valence-corrected chi connectivity index (χ2v) is 4.86. The summed E-state index contributed by atoms with van der Waals surface area (Å²) in [5.41, 5.74) is 2.02. The summed E-state index contributed by atoms with van der Waals surface area (Å²) in [4.78, 5) is 0. The first kappa shape index (κ1) is 12.2. The Labute approximate surface area is 112 Å². The number of piperidine rings is 1. The highest BCUT2D eigenvalue weighted by atomic mass is 16.4. The zero-order valence-electron chi connectivity index (χ0n) is 11.0. The van der Waals surface area contributed by atoms with Crippen molar-refractivity contribution >= 4 is 5.69 Å². The first-order valence-corrected chi connectivity index (χ1v) is 6.70. The fourth-order valence-electron chi connectivity index (χ4n) is 2.40. The number of aromatic nitrogens is 2. The molecule has 1 aromatic carbocycles. The Morgan fingerprint density at radius 3 is 2.95 bits per heavy atom. The van der Waals surface area contributed by atoms with Crippen molar-refractivity contribution in [2.45, 2.75) is 25.8 Å². The molecule has 0 spiro atoms. The van der Waals surface area contributed by atoms with Crippen molar-refractivity contribution in [3.63, 3.8) is 0 Å². The zero-order chi connectivity index (χ0) is 13.1. The molecule has 1 aliphatic heterocycles. The molecule has 100 valence electrons. The van der Waals surface area contributed by atoms with Gasteiger partial charge in [-0.3, -0.25) is 0 Å². The predicted octanol–water partition coefficient (Wildman–Crippen LogP) is 2.21. The van der Waals surface area contributed by atoms with Gasteiger partial charge in [0.1, 0.15) is 0 Å². The van der Waals surface area contributed by atoms with Gasteiger partial charge >= 0.3 is 0 Å². The van der Waals surface area contributed by atoms with Gasteiger partial charge < -0.3 is 15.1 Å². The highest BCUT2D eigenvalue weighted by Crippen LogP contribution is 2.27. The van der Waals surface area contributed by atoms with Gasteiger partial charge in [-0.15, -0.1) is 10.2 Å². The van der Waals surface area contributed by atoms with Crippen molar-refractivity contribution in [3.8, 4) is 11.5 Å². The van der Waals surface area contributed by atoms with E-state index in [-0.39, 0.29) is 0 Å². The third-order valence-corrected chi connectivity index (χ3v) is 3.34. The van der Waals surface area contributed by atoms with Crippen LogP contribution in [0.3, 0.4) is 0 Å². The molecule has 2 N–H and O–H groups in total. The molecule has 1 aromatic heterocycles. The largest absolute Gasteiger partial charge is 0.421 e. The molecule has 1 saturated heterocycles. The number of hydrogen-bond acceptors (Lipinski definition) is 5. The van der Waals surface area contributed by atoms with E-state index >= 15 is 0 Å². The van der Waals surface area contributed by atoms with Crippen molar-refractivity contribution in [2.24, 2.45) is 0 Å². The van der Waals surface area contributed by atoms with Gasteiger partial charge in [0.15, 0.2) is 0 Å². The number of aryl methyl sites for hydroxylation is 1. The molecular weight excluding hydrogens is 240 g/mol. The summed E-state index contributed by atoms with van der Waals surface area (Å²) in [7, 11) is 0. The number of benzene rings is 1. The molecule has 1 aliphatic rings. The minimum atomic E-state index is 0.457. The van der Waals surface area contributed by atoms with Gasteiger partial charge in [-0.05, 0) is 31.5 Å². The fourth-order valence-corrected chi connectivity index (χ4v) is 2.40. The predicted molar refractivity (Wildman–Crippen MR) is 74.0 cm³/mol. The minimum Gasteiger partial charge on any atom is -0.421 e. The van der Waals surface area contributed by atoms with E-state index in [1.807, 2.05) is 18.2 Å². The van der Waals surface area contributed by atoms with Crippen molar-refractivity contribution in [1.82, 2.24) is 15.5 Å². The normalized spacial score (nSPS) is 19.3. The van der Waals surface area contributed by atoms with Gasteiger partial charge in [-0.25, -0.2) is 0 Å². The average molecular weight is 258 g/mol. The van der Waals surface area contributed by atoms with Crippen LogP contribution in [0.15, 0.2) is 28.7 Å². The Balaban J connectivity index is 1.84. The molecule has 1 atom stereocenters. The molecule has 3 rings (SSSR count). The van der Waals surface area contributed by atoms with Crippen LogP contribution in [0.5, 0.6) is 0 Å². The zero-order valence-corrected chi connectivity index (χ0v) is 11.0. The van der Waals surface area contributed by atoms with Crippen molar-refractivity contribution < 1.29 is 4.42 Å². The van der Waals surface area contributed by atoms with Gasteiger partial charge in [0, 0.05) is 25.2 Å². The highest BCUT2D eigenvalue weighted by Gasteiger charge is 2.16. The maximum absolute atomic E-state index is 5.52. The summed E-state index contributed by atoms with van der Waals surface area (Å²) in [6, 6.07) is 8.53. The lowest BCUT2D eigenvalue weighted by molar-refractivity contribution is 0.479. The van der Waals surface area contributed by atoms with Gasteiger partial charge in [0.05, 0.1) is 5.56 Å². The Morgan fingerprint density at radius 1 is 1.32 bits per heavy atom. The van der Waals surface area contributed by atoms with E-state index in [9.17, 15) is 0 Å². The van der Waals surface area contributed by atoms with Crippen LogP contribution in [0.25, 0.3) is 11.5 Å². The molecule has 19 heavy (non-hydrogen) atoms. The monoisotopic (exact) mass is 258 g/mol. The van der Waals surface area contributed by atoms with Crippen molar-refractivity contribution in [1.29, 1.82) is 0 Å². The van der Waals surface area contributed by atoms with Gasteiger partial charge in [0.25, 0.3) is 0 Å². The van der Waals surface area contributed by atoms with Crippen LogP contribution in [0, 0.1) is 6.92 Å². The molecule has 0 saturated carbocycles. The summed E-state index contributed by atoms with van der Waals surface area (Å²) in [6.07, 6.45) is 2.39. The number of hydrogen-bond donors (Lipinski definition) is 2. The molecular formula is C14H18N4O. The molecule has 2 aromatic rings. The molecule has 5 nitrogen and oxygen atoms in total. The van der Waals surface area contributed by atoms with Crippen LogP contribution < -0.4 is 10.6 Å². The smallest absolute Gasteiger partial charge is 0.249 e. The fraction of sp³-hybridized carbons (Fsp3) is 0.429. The molecule has 0 bridgehead atoms. The Bertz CT molecular complexity index is 546. The summed E-state index contributed by atoms with van der Waals surface area (Å²) in [5.74, 6) is 1.16. The van der Waals surface area contributed by atoms with Crippen LogP contribution in [0.1, 0.15) is 18.7 Å². The van der Waals surface area contributed by atoms with E-state index in [2.05, 4.69) is 26.9 Å². The second kappa shape index (κ2) is 5.40. The maximum atomic E-state index is 5.52. The molecule has 0 amide bonds. The van der Waals surface area contributed by atoms with E-state index in [4.69, 9.17) is 4.42 Å². The highest BCUT2D eigenvalue weighted by molar-refractivity contribution is 5.72. The Hall–Kier alpha value is -1.88. The SMILES string of the molecule is Cc1nnc(-c2ccccc2NC2CCCNC2)o1. The minimum absolute atomic E-state index is 0.457. The average Bonchev–Trinajstić information content (AvgIpc) is 2.87. The van der Waals surface area contributed by atoms with Crippen molar-refractivity contribution in [3.05, 3.63) is 30.2 Å². The summed E-state index contributed by atoms with van der Waals surface area (Å²) < 4.78 is 5.52. The molecule has 1 fully saturated rings. The summed E-state index contributed by atoms with van der Waals surface area (Å²) in [5, 5.41) is 15.0. The number of anilines is 1. The number of nitrogens with zero attached hydrogens (tertiary/aromatic N) is 2. The molecule has 0 aliphatic carbocycles. The van der Waals surface area contributed by atoms with Crippen LogP contribution in [0.2, 0.25) is 0 Å². The van der Waals surface area contributed by atoms with E-state index in [0.717, 1.165) is 24.3 Å². The first-order valence-electron chi connectivity index (χ1n) is 6.70. The summed E-state index contributed by atoms with van der Waals surface area (Å²) in [6.45, 7) is 3.91. The van der Waals surface area contributed by atoms with E-state index in [1.54, 1.807) is 6.92 Å². The van der Waals surface area contributed by atoms with Crippen molar-refractivity contribution in [2.75, 3.05) is 18.4 Å². The standard InChI is InChI=1S/C14H18N4O/c1-10-17-18-14(19-10)12-6-2-3-7-13(12)16-11-5-4-8-15-9-11/h2-3,6-7,11,15-16H,4-5,8-9H2,1H3. The topological polar surface area (TPSA) is 63.0 Å².